The maximum atomic E-state index is 12.8. The van der Waals surface area contributed by atoms with Gasteiger partial charge >= 0.3 is 13.8 Å². The Labute approximate surface area is 192 Å². The van der Waals surface area contributed by atoms with Crippen molar-refractivity contribution >= 4 is 13.4 Å². The molecule has 184 valence electrons. The lowest BCUT2D eigenvalue weighted by molar-refractivity contribution is -0.137. The maximum absolute atomic E-state index is 12.8. The highest BCUT2D eigenvalue weighted by Crippen LogP contribution is 2.37. The molecule has 4 N–H and O–H groups in total. The van der Waals surface area contributed by atoms with Crippen LogP contribution in [-0.2, 0) is 30.6 Å². The monoisotopic (exact) mass is 488 g/mol. The van der Waals surface area contributed by atoms with Crippen molar-refractivity contribution in [3.8, 4) is 0 Å². The summed E-state index contributed by atoms with van der Waals surface area (Å²) in [7, 11) is -2.31. The number of aryl methyl sites for hydroxylation is 2. The lowest BCUT2D eigenvalue weighted by Crippen LogP contribution is -2.37. The highest BCUT2D eigenvalue weighted by atomic mass is 31.2. The lowest BCUT2D eigenvalue weighted by Gasteiger charge is -2.25. The Morgan fingerprint density at radius 3 is 2.42 bits per heavy atom. The molecule has 0 aliphatic heterocycles. The van der Waals surface area contributed by atoms with E-state index in [1.807, 2.05) is 6.07 Å². The van der Waals surface area contributed by atoms with Gasteiger partial charge in [0.15, 0.2) is 5.78 Å². The van der Waals surface area contributed by atoms with Gasteiger partial charge < -0.3 is 20.1 Å². The van der Waals surface area contributed by atoms with E-state index in [4.69, 9.17) is 15.5 Å². The highest BCUT2D eigenvalue weighted by Gasteiger charge is 2.30. The number of hydrogen-bond acceptors (Lipinski definition) is 3. The van der Waals surface area contributed by atoms with Crippen molar-refractivity contribution in [1.82, 2.24) is 4.57 Å². The molecule has 0 amide bonds. The molecular formula is C23H32F3N2O4P. The zero-order valence-corrected chi connectivity index (χ0v) is 19.8. The molecule has 1 aromatic heterocycles. The Kier molecular flexibility index (Phi) is 9.10. The second-order valence-electron chi connectivity index (χ2n) is 8.89. The average molecular weight is 488 g/mol. The number of unbranched alkanes of at least 4 members (excludes halogenated alkanes) is 1. The summed E-state index contributed by atoms with van der Waals surface area (Å²) in [6, 6.07) is 8.84. The molecule has 0 radical (unpaired) electrons. The minimum absolute atomic E-state index is 0.0372. The molecule has 0 bridgehead atoms. The van der Waals surface area contributed by atoms with E-state index in [0.717, 1.165) is 17.8 Å². The number of carbonyl (C=O) groups is 1. The van der Waals surface area contributed by atoms with Crippen molar-refractivity contribution in [2.24, 2.45) is 12.8 Å². The van der Waals surface area contributed by atoms with E-state index >= 15 is 0 Å². The van der Waals surface area contributed by atoms with Crippen LogP contribution in [0.15, 0.2) is 36.4 Å². The topological polar surface area (TPSA) is 106 Å². The zero-order chi connectivity index (χ0) is 24.9. The number of hydrogen-bond donors (Lipinski definition) is 3. The molecule has 1 atom stereocenters. The molecule has 10 heteroatoms. The van der Waals surface area contributed by atoms with Crippen LogP contribution < -0.4 is 5.73 Å². The van der Waals surface area contributed by atoms with Crippen LogP contribution >= 0.6 is 7.60 Å². The van der Waals surface area contributed by atoms with Gasteiger partial charge in [-0.15, -0.1) is 0 Å². The minimum atomic E-state index is -4.36. The molecule has 2 rings (SSSR count). The van der Waals surface area contributed by atoms with Crippen LogP contribution in [0.4, 0.5) is 13.2 Å². The summed E-state index contributed by atoms with van der Waals surface area (Å²) in [6.45, 7) is 1.75. The van der Waals surface area contributed by atoms with Crippen molar-refractivity contribution in [3.63, 3.8) is 0 Å². The molecule has 1 unspecified atom stereocenters. The number of nitrogens with zero attached hydrogens (tertiary/aromatic N) is 1. The molecule has 33 heavy (non-hydrogen) atoms. The third-order valence-electron chi connectivity index (χ3n) is 5.81. The fourth-order valence-corrected chi connectivity index (χ4v) is 4.47. The quantitative estimate of drug-likeness (QED) is 0.225. The van der Waals surface area contributed by atoms with Gasteiger partial charge in [-0.3, -0.25) is 9.36 Å². The van der Waals surface area contributed by atoms with Crippen molar-refractivity contribution in [2.45, 2.75) is 63.6 Å². The average Bonchev–Trinajstić information content (AvgIpc) is 3.08. The molecule has 0 spiro atoms. The third kappa shape index (κ3) is 9.08. The SMILES string of the molecule is Cn1c(CCC(C)(N)CCP(=O)(O)O)ccc1C(=O)CCCCc1cccc(C(F)(F)F)c1. The maximum Gasteiger partial charge on any atom is 0.416 e. The van der Waals surface area contributed by atoms with Gasteiger partial charge in [-0.1, -0.05) is 18.2 Å². The van der Waals surface area contributed by atoms with Gasteiger partial charge in [0, 0.05) is 24.7 Å². The Bertz CT molecular complexity index is 996. The fraction of sp³-hybridized carbons (Fsp3) is 0.522. The van der Waals surface area contributed by atoms with E-state index in [2.05, 4.69) is 0 Å². The number of carbonyl (C=O) groups excluding carboxylic acids is 1. The molecule has 0 saturated heterocycles. The predicted molar refractivity (Wildman–Crippen MR) is 121 cm³/mol. The van der Waals surface area contributed by atoms with Crippen LogP contribution in [0.1, 0.15) is 66.3 Å². The van der Waals surface area contributed by atoms with E-state index in [9.17, 15) is 22.5 Å². The summed E-state index contributed by atoms with van der Waals surface area (Å²) in [5, 5.41) is 0. The van der Waals surface area contributed by atoms with Gasteiger partial charge in [-0.25, -0.2) is 0 Å². The molecule has 6 nitrogen and oxygen atoms in total. The van der Waals surface area contributed by atoms with Crippen LogP contribution in [-0.4, -0.2) is 31.8 Å². The second-order valence-corrected chi connectivity index (χ2v) is 10.7. The Morgan fingerprint density at radius 1 is 1.09 bits per heavy atom. The first kappa shape index (κ1) is 27.3. The molecule has 2 aromatic rings. The van der Waals surface area contributed by atoms with Crippen LogP contribution in [0.5, 0.6) is 0 Å². The number of benzene rings is 1. The number of halogens is 3. The summed E-state index contributed by atoms with van der Waals surface area (Å²) in [6.07, 6.45) is -1.42. The molecule has 0 fully saturated rings. The number of rotatable bonds is 12. The van der Waals surface area contributed by atoms with E-state index in [-0.39, 0.29) is 18.4 Å². The van der Waals surface area contributed by atoms with Crippen LogP contribution in [0.3, 0.4) is 0 Å². The minimum Gasteiger partial charge on any atom is -0.345 e. The van der Waals surface area contributed by atoms with Crippen molar-refractivity contribution in [2.75, 3.05) is 6.16 Å². The van der Waals surface area contributed by atoms with E-state index < -0.39 is 24.9 Å². The molecule has 0 aliphatic carbocycles. The first-order valence-corrected chi connectivity index (χ1v) is 12.7. The Balaban J connectivity index is 1.84. The smallest absolute Gasteiger partial charge is 0.345 e. The van der Waals surface area contributed by atoms with E-state index in [1.54, 1.807) is 30.7 Å². The van der Waals surface area contributed by atoms with Crippen molar-refractivity contribution < 1.29 is 32.3 Å². The normalized spacial score (nSPS) is 14.3. The number of aromatic nitrogens is 1. The highest BCUT2D eigenvalue weighted by molar-refractivity contribution is 7.51. The van der Waals surface area contributed by atoms with Crippen molar-refractivity contribution in [3.05, 3.63) is 58.9 Å². The largest absolute Gasteiger partial charge is 0.416 e. The lowest BCUT2D eigenvalue weighted by atomic mass is 9.93. The third-order valence-corrected chi connectivity index (χ3v) is 6.62. The number of alkyl halides is 3. The summed E-state index contributed by atoms with van der Waals surface area (Å²) in [5.41, 5.74) is 6.82. The van der Waals surface area contributed by atoms with Gasteiger partial charge in [-0.05, 0) is 69.2 Å². The first-order valence-electron chi connectivity index (χ1n) is 10.9. The predicted octanol–water partition coefficient (Wildman–Crippen LogP) is 4.86. The van der Waals surface area contributed by atoms with E-state index in [0.29, 0.717) is 49.8 Å². The Hall–Kier alpha value is -1.93. The zero-order valence-electron chi connectivity index (χ0n) is 18.9. The summed E-state index contributed by atoms with van der Waals surface area (Å²) < 4.78 is 51.3. The summed E-state index contributed by atoms with van der Waals surface area (Å²) >= 11 is 0. The number of Topliss-reactive ketones (excluding diaryl/α,β-unsaturated/α-hetero) is 1. The van der Waals surface area contributed by atoms with E-state index in [1.165, 1.54) is 6.07 Å². The van der Waals surface area contributed by atoms with Crippen LogP contribution in [0, 0.1) is 0 Å². The molecule has 0 aliphatic rings. The standard InChI is InChI=1S/C23H32F3N2O4P/c1-22(27,14-15-33(30,31)32)13-12-19-10-11-20(28(19)2)21(29)9-4-3-6-17-7-5-8-18(16-17)23(24,25)26/h5,7-8,10-11,16H,3-4,6,9,12-15,27H2,1-2H3,(H2,30,31,32). The van der Waals surface area contributed by atoms with Crippen LogP contribution in [0.25, 0.3) is 0 Å². The van der Waals surface area contributed by atoms with Gasteiger partial charge in [0.2, 0.25) is 0 Å². The summed E-state index contributed by atoms with van der Waals surface area (Å²) in [4.78, 5) is 30.7. The van der Waals surface area contributed by atoms with Gasteiger partial charge in [-0.2, -0.15) is 13.2 Å². The molecule has 1 heterocycles. The van der Waals surface area contributed by atoms with Crippen LogP contribution in [0.2, 0.25) is 0 Å². The second kappa shape index (κ2) is 11.0. The Morgan fingerprint density at radius 2 is 1.79 bits per heavy atom. The number of nitrogens with two attached hydrogens (primary N) is 1. The summed E-state index contributed by atoms with van der Waals surface area (Å²) in [5.74, 6) is -0.0372. The fourth-order valence-electron chi connectivity index (χ4n) is 3.67. The van der Waals surface area contributed by atoms with Gasteiger partial charge in [0.05, 0.1) is 17.4 Å². The first-order chi connectivity index (χ1) is 15.2. The van der Waals surface area contributed by atoms with Gasteiger partial charge in [0.25, 0.3) is 0 Å². The molecule has 0 saturated carbocycles. The molecular weight excluding hydrogens is 456 g/mol. The van der Waals surface area contributed by atoms with Crippen molar-refractivity contribution in [1.29, 1.82) is 0 Å². The number of ketones is 1. The molecule has 1 aromatic carbocycles. The van der Waals surface area contributed by atoms with Gasteiger partial charge in [0.1, 0.15) is 0 Å².